The number of hydrogen-bond donors (Lipinski definition) is 2. The maximum absolute atomic E-state index is 12.5. The molecule has 1 aromatic carbocycles. The van der Waals surface area contributed by atoms with Crippen LogP contribution in [-0.2, 0) is 6.54 Å². The summed E-state index contributed by atoms with van der Waals surface area (Å²) < 4.78 is 5.17. The van der Waals surface area contributed by atoms with Crippen LogP contribution in [0.15, 0.2) is 59.5 Å². The lowest BCUT2D eigenvalue weighted by Gasteiger charge is -2.11. The Hall–Kier alpha value is -3.41. The highest BCUT2D eigenvalue weighted by Gasteiger charge is 2.13. The Bertz CT molecular complexity index is 933. The first-order valence-electron chi connectivity index (χ1n) is 8.18. The molecule has 2 N–H and O–H groups in total. The molecule has 0 bridgehead atoms. The predicted molar refractivity (Wildman–Crippen MR) is 98.0 cm³/mol. The van der Waals surface area contributed by atoms with Crippen LogP contribution in [-0.4, -0.2) is 16.8 Å². The van der Waals surface area contributed by atoms with Crippen LogP contribution >= 0.6 is 0 Å². The van der Waals surface area contributed by atoms with Gasteiger partial charge in [-0.15, -0.1) is 0 Å². The molecule has 6 nitrogen and oxygen atoms in total. The monoisotopic (exact) mass is 349 g/mol. The van der Waals surface area contributed by atoms with E-state index in [0.717, 1.165) is 16.8 Å². The number of aryl methyl sites for hydroxylation is 1. The molecule has 0 aliphatic carbocycles. The molecule has 0 saturated carbocycles. The molecule has 2 heterocycles. The van der Waals surface area contributed by atoms with Gasteiger partial charge in [0.15, 0.2) is 0 Å². The number of pyridine rings is 1. The molecule has 0 fully saturated rings. The summed E-state index contributed by atoms with van der Waals surface area (Å²) in [5.74, 6) is 0.0114. The van der Waals surface area contributed by atoms with E-state index in [-0.39, 0.29) is 18.4 Å². The fourth-order valence-corrected chi connectivity index (χ4v) is 2.45. The number of aromatic nitrogens is 1. The first-order valence-corrected chi connectivity index (χ1v) is 8.18. The molecule has 0 atom stereocenters. The number of anilines is 1. The topological polar surface area (TPSA) is 84.2 Å². The van der Waals surface area contributed by atoms with Crippen molar-refractivity contribution in [2.24, 2.45) is 0 Å². The van der Waals surface area contributed by atoms with E-state index in [4.69, 9.17) is 4.42 Å². The summed E-state index contributed by atoms with van der Waals surface area (Å²) in [6.45, 7) is 4.20. The largest absolute Gasteiger partial charge is 0.467 e. The van der Waals surface area contributed by atoms with Gasteiger partial charge in [-0.2, -0.15) is 0 Å². The summed E-state index contributed by atoms with van der Waals surface area (Å²) >= 11 is 0. The number of nitrogens with one attached hydrogen (secondary N) is 2. The smallest absolute Gasteiger partial charge is 0.257 e. The number of rotatable bonds is 5. The van der Waals surface area contributed by atoms with Gasteiger partial charge in [0.1, 0.15) is 5.76 Å². The molecule has 0 radical (unpaired) electrons. The van der Waals surface area contributed by atoms with Crippen molar-refractivity contribution in [1.29, 1.82) is 0 Å². The SMILES string of the molecule is Cc1cccc(NC(=O)c2cncc(C(=O)NCc3ccco3)c2)c1C. The molecule has 3 aromatic rings. The minimum absolute atomic E-state index is 0.269. The summed E-state index contributed by atoms with van der Waals surface area (Å²) in [7, 11) is 0. The first-order chi connectivity index (χ1) is 12.5. The first kappa shape index (κ1) is 17.4. The number of benzene rings is 1. The minimum atomic E-state index is -0.324. The Morgan fingerprint density at radius 2 is 1.81 bits per heavy atom. The highest BCUT2D eigenvalue weighted by molar-refractivity contribution is 6.06. The van der Waals surface area contributed by atoms with Gasteiger partial charge >= 0.3 is 0 Å². The molecule has 0 saturated heterocycles. The maximum Gasteiger partial charge on any atom is 0.257 e. The Morgan fingerprint density at radius 1 is 1.04 bits per heavy atom. The molecular weight excluding hydrogens is 330 g/mol. The molecule has 0 aliphatic rings. The van der Waals surface area contributed by atoms with Crippen molar-refractivity contribution in [3.8, 4) is 0 Å². The van der Waals surface area contributed by atoms with E-state index < -0.39 is 0 Å². The highest BCUT2D eigenvalue weighted by Crippen LogP contribution is 2.19. The highest BCUT2D eigenvalue weighted by atomic mass is 16.3. The molecule has 0 spiro atoms. The van der Waals surface area contributed by atoms with Crippen LogP contribution < -0.4 is 10.6 Å². The van der Waals surface area contributed by atoms with Gasteiger partial charge in [-0.05, 0) is 49.2 Å². The van der Waals surface area contributed by atoms with Gasteiger partial charge in [0, 0.05) is 18.1 Å². The van der Waals surface area contributed by atoms with Crippen molar-refractivity contribution in [2.45, 2.75) is 20.4 Å². The molecule has 0 unspecified atom stereocenters. The molecule has 2 amide bonds. The molecule has 3 rings (SSSR count). The fourth-order valence-electron chi connectivity index (χ4n) is 2.45. The van der Waals surface area contributed by atoms with E-state index in [1.165, 1.54) is 18.5 Å². The summed E-state index contributed by atoms with van der Waals surface area (Å²) in [5, 5.41) is 5.59. The van der Waals surface area contributed by atoms with Gasteiger partial charge in [0.2, 0.25) is 0 Å². The van der Waals surface area contributed by atoms with Gasteiger partial charge in [-0.3, -0.25) is 14.6 Å². The average Bonchev–Trinajstić information content (AvgIpc) is 3.17. The quantitative estimate of drug-likeness (QED) is 0.739. The van der Waals surface area contributed by atoms with Crippen LogP contribution in [0.4, 0.5) is 5.69 Å². The Labute approximate surface area is 151 Å². The van der Waals surface area contributed by atoms with E-state index in [1.807, 2.05) is 32.0 Å². The van der Waals surface area contributed by atoms with E-state index in [1.54, 1.807) is 18.4 Å². The lowest BCUT2D eigenvalue weighted by atomic mass is 10.1. The zero-order valence-corrected chi connectivity index (χ0v) is 14.6. The number of nitrogens with zero attached hydrogens (tertiary/aromatic N) is 1. The molecule has 6 heteroatoms. The van der Waals surface area contributed by atoms with Crippen LogP contribution in [0.2, 0.25) is 0 Å². The lowest BCUT2D eigenvalue weighted by molar-refractivity contribution is 0.0947. The standard InChI is InChI=1S/C20H19N3O3/c1-13-5-3-7-18(14(13)2)23-20(25)16-9-15(10-21-11-16)19(24)22-12-17-6-4-8-26-17/h3-11H,12H2,1-2H3,(H,22,24)(H,23,25). The maximum atomic E-state index is 12.5. The van der Waals surface area contributed by atoms with Crippen molar-refractivity contribution >= 4 is 17.5 Å². The van der Waals surface area contributed by atoms with Gasteiger partial charge in [-0.1, -0.05) is 12.1 Å². The molecular formula is C20H19N3O3. The normalized spacial score (nSPS) is 10.4. The van der Waals surface area contributed by atoms with Crippen LogP contribution in [0.3, 0.4) is 0 Å². The van der Waals surface area contributed by atoms with Crippen molar-refractivity contribution in [3.05, 3.63) is 83.1 Å². The number of carbonyl (C=O) groups is 2. The summed E-state index contributed by atoms with van der Waals surface area (Å²) in [6.07, 6.45) is 4.40. The van der Waals surface area contributed by atoms with E-state index >= 15 is 0 Å². The van der Waals surface area contributed by atoms with Gasteiger partial charge < -0.3 is 15.1 Å². The van der Waals surface area contributed by atoms with Gasteiger partial charge in [-0.25, -0.2) is 0 Å². The van der Waals surface area contributed by atoms with Crippen molar-refractivity contribution < 1.29 is 14.0 Å². The van der Waals surface area contributed by atoms with Crippen LogP contribution in [0, 0.1) is 13.8 Å². The summed E-state index contributed by atoms with van der Waals surface area (Å²) in [4.78, 5) is 28.8. The van der Waals surface area contributed by atoms with E-state index in [0.29, 0.717) is 16.9 Å². The molecule has 0 aliphatic heterocycles. The second-order valence-electron chi connectivity index (χ2n) is 5.93. The summed E-state index contributed by atoms with van der Waals surface area (Å²) in [5.41, 5.74) is 3.46. The molecule has 26 heavy (non-hydrogen) atoms. The number of carbonyl (C=O) groups excluding carboxylic acids is 2. The van der Waals surface area contributed by atoms with Crippen molar-refractivity contribution in [3.63, 3.8) is 0 Å². The second kappa shape index (κ2) is 7.65. The number of amides is 2. The Kier molecular flexibility index (Phi) is 5.12. The average molecular weight is 349 g/mol. The summed E-state index contributed by atoms with van der Waals surface area (Å²) in [6, 6.07) is 10.7. The third kappa shape index (κ3) is 3.97. The number of hydrogen-bond acceptors (Lipinski definition) is 4. The van der Waals surface area contributed by atoms with Crippen LogP contribution in [0.25, 0.3) is 0 Å². The third-order valence-corrected chi connectivity index (χ3v) is 4.12. The van der Waals surface area contributed by atoms with Crippen LogP contribution in [0.1, 0.15) is 37.6 Å². The molecule has 2 aromatic heterocycles. The zero-order valence-electron chi connectivity index (χ0n) is 14.6. The van der Waals surface area contributed by atoms with Gasteiger partial charge in [0.05, 0.1) is 23.9 Å². The predicted octanol–water partition coefficient (Wildman–Crippen LogP) is 3.47. The third-order valence-electron chi connectivity index (χ3n) is 4.12. The fraction of sp³-hybridized carbons (Fsp3) is 0.150. The van der Waals surface area contributed by atoms with Crippen LogP contribution in [0.5, 0.6) is 0 Å². The van der Waals surface area contributed by atoms with Crippen molar-refractivity contribution in [1.82, 2.24) is 10.3 Å². The Balaban J connectivity index is 1.70. The van der Waals surface area contributed by atoms with Gasteiger partial charge in [0.25, 0.3) is 11.8 Å². The minimum Gasteiger partial charge on any atom is -0.467 e. The van der Waals surface area contributed by atoms with Crippen molar-refractivity contribution in [2.75, 3.05) is 5.32 Å². The van der Waals surface area contributed by atoms with E-state index in [2.05, 4.69) is 15.6 Å². The second-order valence-corrected chi connectivity index (χ2v) is 5.93. The zero-order chi connectivity index (χ0) is 18.5. The Morgan fingerprint density at radius 3 is 2.54 bits per heavy atom. The number of furan rings is 1. The lowest BCUT2D eigenvalue weighted by Crippen LogP contribution is -2.23. The van der Waals surface area contributed by atoms with E-state index in [9.17, 15) is 9.59 Å². The molecule has 132 valence electrons.